The van der Waals surface area contributed by atoms with Gasteiger partial charge in [0.05, 0.1) is 17.7 Å². The van der Waals surface area contributed by atoms with Crippen LogP contribution in [0.3, 0.4) is 0 Å². The van der Waals surface area contributed by atoms with Crippen molar-refractivity contribution in [3.63, 3.8) is 0 Å². The molecule has 15 nitrogen and oxygen atoms in total. The van der Waals surface area contributed by atoms with E-state index in [0.717, 1.165) is 35.6 Å². The summed E-state index contributed by atoms with van der Waals surface area (Å²) in [6, 6.07) is 33.3. The molecule has 0 atom stereocenters. The molecule has 21 heteroatoms. The van der Waals surface area contributed by atoms with Gasteiger partial charge in [-0.15, -0.1) is 24.5 Å². The molecule has 6 aromatic rings. The molecular formula is C43H39F3N2O13S3. The van der Waals surface area contributed by atoms with Crippen LogP contribution in [0.25, 0.3) is 0 Å². The molecule has 64 heavy (non-hydrogen) atoms. The van der Waals surface area contributed by atoms with Gasteiger partial charge in [-0.3, -0.25) is 19.0 Å². The van der Waals surface area contributed by atoms with Gasteiger partial charge in [-0.1, -0.05) is 42.5 Å². The first-order valence-electron chi connectivity index (χ1n) is 18.7. The quantitative estimate of drug-likeness (QED) is 0.0503. The van der Waals surface area contributed by atoms with Crippen molar-refractivity contribution in [2.45, 2.75) is 28.3 Å². The average molecular weight is 945 g/mol. The molecule has 0 spiro atoms. The second-order valence-corrected chi connectivity index (χ2v) is 17.5. The molecule has 0 saturated heterocycles. The molecule has 0 aliphatic carbocycles. The topological polar surface area (TPSA) is 213 Å². The fourth-order valence-electron chi connectivity index (χ4n) is 5.42. The lowest BCUT2D eigenvalue weighted by molar-refractivity contribution is -0.274. The lowest BCUT2D eigenvalue weighted by Gasteiger charge is -2.12. The molecule has 0 amide bonds. The van der Waals surface area contributed by atoms with Gasteiger partial charge in [0.25, 0.3) is 20.0 Å². The number of hydrogen-bond acceptors (Lipinski definition) is 12. The molecule has 0 aliphatic heterocycles. The molecule has 0 saturated carbocycles. The first-order chi connectivity index (χ1) is 30.5. The van der Waals surface area contributed by atoms with E-state index in [9.17, 15) is 39.6 Å². The van der Waals surface area contributed by atoms with E-state index in [1.165, 1.54) is 24.3 Å². The first kappa shape index (κ1) is 48.1. The number of carboxylic acid groups (broad SMARTS) is 2. The van der Waals surface area contributed by atoms with E-state index in [4.69, 9.17) is 29.2 Å². The van der Waals surface area contributed by atoms with E-state index in [2.05, 4.69) is 14.2 Å². The Hall–Kier alpha value is -6.97. The van der Waals surface area contributed by atoms with E-state index in [1.807, 2.05) is 0 Å². The van der Waals surface area contributed by atoms with Crippen molar-refractivity contribution in [1.82, 2.24) is 0 Å². The summed E-state index contributed by atoms with van der Waals surface area (Å²) in [5.41, 5.74) is 1.79. The van der Waals surface area contributed by atoms with Crippen LogP contribution in [0.5, 0.6) is 28.7 Å². The summed E-state index contributed by atoms with van der Waals surface area (Å²) in [7, 11) is -7.62. The van der Waals surface area contributed by atoms with Crippen LogP contribution in [-0.4, -0.2) is 71.8 Å². The van der Waals surface area contributed by atoms with E-state index in [1.54, 1.807) is 90.3 Å². The number of thiophene rings is 1. The fraction of sp³-hybridized carbons (Fsp3) is 0.163. The van der Waals surface area contributed by atoms with Crippen LogP contribution < -0.4 is 33.1 Å². The number of carbonyl (C=O) groups is 2. The van der Waals surface area contributed by atoms with Crippen LogP contribution >= 0.6 is 11.3 Å². The van der Waals surface area contributed by atoms with Crippen LogP contribution in [0.2, 0.25) is 0 Å². The SMILES string of the molecule is O=C(O)Cc1ccccc1OCCOc1ccc(NS(=O)(=O)c2ccc(OC(F)(F)F)cc2)cc1.O=C(O)Cc1ccccc1OCCOc1ccc(NS(=O)(=O)c2cccs2)cc1. The summed E-state index contributed by atoms with van der Waals surface area (Å²) in [6.07, 6.45) is -5.15. The zero-order chi connectivity index (χ0) is 46.2. The van der Waals surface area contributed by atoms with Gasteiger partial charge in [0.15, 0.2) is 0 Å². The molecule has 6 rings (SSSR count). The predicted molar refractivity (Wildman–Crippen MR) is 229 cm³/mol. The van der Waals surface area contributed by atoms with E-state index in [-0.39, 0.29) is 54.1 Å². The Labute approximate surface area is 369 Å². The zero-order valence-electron chi connectivity index (χ0n) is 33.3. The number of carboxylic acids is 2. The molecule has 5 aromatic carbocycles. The molecule has 4 N–H and O–H groups in total. The third-order valence-electron chi connectivity index (χ3n) is 8.19. The van der Waals surface area contributed by atoms with Crippen molar-refractivity contribution >= 4 is 54.7 Å². The van der Waals surface area contributed by atoms with Crippen molar-refractivity contribution < 1.29 is 73.5 Å². The van der Waals surface area contributed by atoms with Crippen LogP contribution in [0.1, 0.15) is 11.1 Å². The van der Waals surface area contributed by atoms with Gasteiger partial charge in [-0.25, -0.2) is 16.8 Å². The fourth-order valence-corrected chi connectivity index (χ4v) is 8.53. The number of benzene rings is 5. The number of alkyl halides is 3. The van der Waals surface area contributed by atoms with Crippen LogP contribution in [-0.2, 0) is 42.5 Å². The maximum Gasteiger partial charge on any atom is 0.573 e. The van der Waals surface area contributed by atoms with Gasteiger partial charge in [0.1, 0.15) is 59.4 Å². The number of rotatable bonds is 21. The summed E-state index contributed by atoms with van der Waals surface area (Å²) < 4.78 is 117. The average Bonchev–Trinajstić information content (AvgIpc) is 3.80. The largest absolute Gasteiger partial charge is 0.573 e. The number of halogens is 3. The standard InChI is InChI=1S/C23H20F3NO7S.C20H19NO6S2/c24-23(25,26)34-19-9-11-20(12-10-19)35(30,31)27-17-5-7-18(8-6-17)32-13-14-33-21-4-2-1-3-16(21)15-22(28)29;22-19(23)14-15-4-1-2-5-18(15)27-12-11-26-17-9-7-16(8-10-17)21-29(24,25)20-6-3-13-28-20/h1-12,27H,13-15H2,(H,28,29);1-10,13,21H,11-12,14H2,(H,22,23). The Morgan fingerprint density at radius 2 is 0.953 bits per heavy atom. The molecule has 0 aliphatic rings. The number of aliphatic carboxylic acids is 2. The molecule has 0 bridgehead atoms. The number of sulfonamides is 2. The summed E-state index contributed by atoms with van der Waals surface area (Å²) >= 11 is 1.15. The number of hydrogen-bond donors (Lipinski definition) is 4. The van der Waals surface area contributed by atoms with E-state index >= 15 is 0 Å². The van der Waals surface area contributed by atoms with Crippen LogP contribution in [0.4, 0.5) is 24.5 Å². The highest BCUT2D eigenvalue weighted by molar-refractivity contribution is 7.94. The monoisotopic (exact) mass is 944 g/mol. The third-order valence-corrected chi connectivity index (χ3v) is 12.4. The number of para-hydroxylation sites is 2. The summed E-state index contributed by atoms with van der Waals surface area (Å²) in [4.78, 5) is 21.6. The minimum atomic E-state index is -4.88. The van der Waals surface area contributed by atoms with Gasteiger partial charge in [-0.05, 0) is 96.4 Å². The Bertz CT molecular complexity index is 2670. The summed E-state index contributed by atoms with van der Waals surface area (Å²) in [6.45, 7) is 0.795. The Balaban J connectivity index is 0.000000245. The zero-order valence-corrected chi connectivity index (χ0v) is 35.7. The molecule has 1 heterocycles. The highest BCUT2D eigenvalue weighted by Crippen LogP contribution is 2.27. The molecular weight excluding hydrogens is 906 g/mol. The molecule has 1 aromatic heterocycles. The third kappa shape index (κ3) is 15.7. The molecule has 0 radical (unpaired) electrons. The Morgan fingerprint density at radius 3 is 1.38 bits per heavy atom. The minimum absolute atomic E-state index is 0.111. The first-order valence-corrected chi connectivity index (χ1v) is 22.6. The van der Waals surface area contributed by atoms with Crippen molar-refractivity contribution in [3.05, 3.63) is 150 Å². The number of ether oxygens (including phenoxy) is 5. The van der Waals surface area contributed by atoms with Gasteiger partial charge in [0.2, 0.25) is 0 Å². The van der Waals surface area contributed by atoms with Crippen molar-refractivity contribution in [1.29, 1.82) is 0 Å². The smallest absolute Gasteiger partial charge is 0.490 e. The maximum atomic E-state index is 12.5. The Morgan fingerprint density at radius 1 is 0.531 bits per heavy atom. The lowest BCUT2D eigenvalue weighted by atomic mass is 10.1. The predicted octanol–water partition coefficient (Wildman–Crippen LogP) is 8.10. The number of anilines is 2. The van der Waals surface area contributed by atoms with E-state index in [0.29, 0.717) is 39.8 Å². The van der Waals surface area contributed by atoms with Crippen LogP contribution in [0.15, 0.2) is 148 Å². The maximum absolute atomic E-state index is 12.5. The highest BCUT2D eigenvalue weighted by Gasteiger charge is 2.31. The van der Waals surface area contributed by atoms with Gasteiger partial charge >= 0.3 is 18.3 Å². The van der Waals surface area contributed by atoms with Crippen molar-refractivity contribution in [2.24, 2.45) is 0 Å². The van der Waals surface area contributed by atoms with E-state index < -0.39 is 44.1 Å². The lowest BCUT2D eigenvalue weighted by Crippen LogP contribution is -2.17. The minimum Gasteiger partial charge on any atom is -0.490 e. The second kappa shape index (κ2) is 22.4. The van der Waals surface area contributed by atoms with Gasteiger partial charge in [0, 0.05) is 22.5 Å². The molecule has 338 valence electrons. The summed E-state index contributed by atoms with van der Waals surface area (Å²) in [5, 5.41) is 19.6. The Kier molecular flexibility index (Phi) is 16.8. The van der Waals surface area contributed by atoms with Gasteiger partial charge < -0.3 is 33.9 Å². The number of nitrogens with one attached hydrogen (secondary N) is 2. The van der Waals surface area contributed by atoms with Crippen LogP contribution in [0, 0.1) is 0 Å². The van der Waals surface area contributed by atoms with Crippen molar-refractivity contribution in [2.75, 3.05) is 35.9 Å². The second-order valence-electron chi connectivity index (χ2n) is 13.0. The molecule has 0 fully saturated rings. The highest BCUT2D eigenvalue weighted by atomic mass is 32.2. The molecule has 0 unspecified atom stereocenters. The normalized spacial score (nSPS) is 11.3. The summed E-state index contributed by atoms with van der Waals surface area (Å²) in [5.74, 6) is -0.478. The van der Waals surface area contributed by atoms with Gasteiger partial charge in [-0.2, -0.15) is 0 Å². The van der Waals surface area contributed by atoms with Crippen molar-refractivity contribution in [3.8, 4) is 28.7 Å².